The molecule has 0 amide bonds. The van der Waals surface area contributed by atoms with Crippen LogP contribution in [0.15, 0.2) is 42.5 Å². The standard InChI is InChI=1S/C13H8N2O/c14-8-9-5-6-11-13(7-9)16-12-4-2-1-3-10(12)15-11/h1-7,15H. The number of benzene rings is 2. The highest BCUT2D eigenvalue weighted by Gasteiger charge is 2.15. The molecular weight excluding hydrogens is 200 g/mol. The molecule has 3 rings (SSSR count). The van der Waals surface area contributed by atoms with E-state index in [1.165, 1.54) is 0 Å². The molecule has 1 N–H and O–H groups in total. The lowest BCUT2D eigenvalue weighted by Crippen LogP contribution is -2.02. The minimum Gasteiger partial charge on any atom is -0.453 e. The van der Waals surface area contributed by atoms with Crippen LogP contribution in [0.1, 0.15) is 5.56 Å². The third kappa shape index (κ3) is 1.29. The van der Waals surface area contributed by atoms with Gasteiger partial charge in [-0.1, -0.05) is 12.1 Å². The maximum Gasteiger partial charge on any atom is 0.152 e. The summed E-state index contributed by atoms with van der Waals surface area (Å²) in [6, 6.07) is 15.2. The fourth-order valence-corrected chi connectivity index (χ4v) is 1.70. The minimum absolute atomic E-state index is 0.597. The van der Waals surface area contributed by atoms with Gasteiger partial charge in [0.15, 0.2) is 11.5 Å². The Bertz CT molecular complexity index is 599. The van der Waals surface area contributed by atoms with E-state index in [1.54, 1.807) is 12.1 Å². The van der Waals surface area contributed by atoms with Gasteiger partial charge in [0.05, 0.1) is 23.0 Å². The number of rotatable bonds is 0. The van der Waals surface area contributed by atoms with Crippen molar-refractivity contribution in [3.05, 3.63) is 48.0 Å². The Morgan fingerprint density at radius 2 is 1.81 bits per heavy atom. The van der Waals surface area contributed by atoms with Gasteiger partial charge >= 0.3 is 0 Å². The molecule has 1 aliphatic heterocycles. The van der Waals surface area contributed by atoms with E-state index < -0.39 is 0 Å². The SMILES string of the molecule is N#Cc1ccc2c(c1)Oc1ccccc1N2. The summed E-state index contributed by atoms with van der Waals surface area (Å²) in [5.41, 5.74) is 2.43. The predicted molar refractivity (Wildman–Crippen MR) is 61.0 cm³/mol. The van der Waals surface area contributed by atoms with Crippen molar-refractivity contribution >= 4 is 11.4 Å². The topological polar surface area (TPSA) is 45.0 Å². The summed E-state index contributed by atoms with van der Waals surface area (Å²) in [7, 11) is 0. The highest BCUT2D eigenvalue weighted by molar-refractivity contribution is 5.75. The predicted octanol–water partition coefficient (Wildman–Crippen LogP) is 3.41. The molecule has 16 heavy (non-hydrogen) atoms. The van der Waals surface area contributed by atoms with Crippen LogP contribution in [0.2, 0.25) is 0 Å². The largest absolute Gasteiger partial charge is 0.453 e. The molecule has 2 aromatic rings. The molecule has 76 valence electrons. The monoisotopic (exact) mass is 208 g/mol. The average Bonchev–Trinajstić information content (AvgIpc) is 2.35. The van der Waals surface area contributed by atoms with E-state index in [0.717, 1.165) is 17.1 Å². The Hall–Kier alpha value is -2.47. The lowest BCUT2D eigenvalue weighted by molar-refractivity contribution is 0.481. The van der Waals surface area contributed by atoms with Gasteiger partial charge in [-0.05, 0) is 24.3 Å². The number of para-hydroxylation sites is 2. The van der Waals surface area contributed by atoms with Crippen molar-refractivity contribution in [2.45, 2.75) is 0 Å². The van der Waals surface area contributed by atoms with Crippen LogP contribution in [0.25, 0.3) is 0 Å². The van der Waals surface area contributed by atoms with E-state index in [9.17, 15) is 0 Å². The van der Waals surface area contributed by atoms with Crippen LogP contribution in [0.4, 0.5) is 11.4 Å². The first-order valence-corrected chi connectivity index (χ1v) is 4.95. The van der Waals surface area contributed by atoms with Crippen molar-refractivity contribution < 1.29 is 4.74 Å². The van der Waals surface area contributed by atoms with E-state index >= 15 is 0 Å². The number of anilines is 2. The molecule has 0 aliphatic carbocycles. The first-order chi connectivity index (χ1) is 7.86. The van der Waals surface area contributed by atoms with Gasteiger partial charge in [0, 0.05) is 6.07 Å². The third-order valence-electron chi connectivity index (χ3n) is 2.49. The summed E-state index contributed by atoms with van der Waals surface area (Å²) in [6.45, 7) is 0. The van der Waals surface area contributed by atoms with Crippen LogP contribution >= 0.6 is 0 Å². The van der Waals surface area contributed by atoms with Gasteiger partial charge in [-0.2, -0.15) is 5.26 Å². The van der Waals surface area contributed by atoms with Gasteiger partial charge in [0.25, 0.3) is 0 Å². The number of nitriles is 1. The van der Waals surface area contributed by atoms with E-state index in [-0.39, 0.29) is 0 Å². The van der Waals surface area contributed by atoms with Crippen molar-refractivity contribution in [1.29, 1.82) is 5.26 Å². The Kier molecular flexibility index (Phi) is 1.81. The van der Waals surface area contributed by atoms with Gasteiger partial charge < -0.3 is 10.1 Å². The van der Waals surface area contributed by atoms with Crippen LogP contribution in [0.3, 0.4) is 0 Å². The lowest BCUT2D eigenvalue weighted by Gasteiger charge is -2.21. The summed E-state index contributed by atoms with van der Waals surface area (Å²) in [6.07, 6.45) is 0. The van der Waals surface area contributed by atoms with Crippen molar-refractivity contribution in [3.63, 3.8) is 0 Å². The van der Waals surface area contributed by atoms with Gasteiger partial charge in [-0.3, -0.25) is 0 Å². The smallest absolute Gasteiger partial charge is 0.152 e. The first-order valence-electron chi connectivity index (χ1n) is 4.95. The summed E-state index contributed by atoms with van der Waals surface area (Å²) in [5.74, 6) is 1.47. The zero-order chi connectivity index (χ0) is 11.0. The van der Waals surface area contributed by atoms with Gasteiger partial charge in [-0.25, -0.2) is 0 Å². The van der Waals surface area contributed by atoms with Crippen molar-refractivity contribution in [2.24, 2.45) is 0 Å². The lowest BCUT2D eigenvalue weighted by atomic mass is 10.1. The summed E-state index contributed by atoms with van der Waals surface area (Å²) in [5, 5.41) is 12.1. The Morgan fingerprint density at radius 3 is 2.69 bits per heavy atom. The van der Waals surface area contributed by atoms with Crippen LogP contribution in [-0.4, -0.2) is 0 Å². The molecule has 1 heterocycles. The number of nitrogens with zero attached hydrogens (tertiary/aromatic N) is 1. The van der Waals surface area contributed by atoms with Crippen LogP contribution in [0.5, 0.6) is 11.5 Å². The van der Waals surface area contributed by atoms with Crippen LogP contribution < -0.4 is 10.1 Å². The van der Waals surface area contributed by atoms with Gasteiger partial charge in [0.1, 0.15) is 0 Å². The molecule has 1 aliphatic rings. The van der Waals surface area contributed by atoms with Crippen molar-refractivity contribution in [2.75, 3.05) is 5.32 Å². The molecule has 0 radical (unpaired) electrons. The molecule has 0 saturated carbocycles. The molecular formula is C13H8N2O. The normalized spacial score (nSPS) is 11.4. The highest BCUT2D eigenvalue weighted by Crippen LogP contribution is 2.41. The molecule has 0 unspecified atom stereocenters. The molecule has 0 bridgehead atoms. The summed E-state index contributed by atoms with van der Waals surface area (Å²) >= 11 is 0. The second-order valence-electron chi connectivity index (χ2n) is 3.55. The molecule has 0 fully saturated rings. The number of nitrogens with one attached hydrogen (secondary N) is 1. The summed E-state index contributed by atoms with van der Waals surface area (Å²) in [4.78, 5) is 0. The van der Waals surface area contributed by atoms with E-state index in [4.69, 9.17) is 10.00 Å². The van der Waals surface area contributed by atoms with Gasteiger partial charge in [-0.15, -0.1) is 0 Å². The van der Waals surface area contributed by atoms with E-state index in [0.29, 0.717) is 11.3 Å². The number of hydrogen-bond acceptors (Lipinski definition) is 3. The molecule has 2 aromatic carbocycles. The number of hydrogen-bond donors (Lipinski definition) is 1. The van der Waals surface area contributed by atoms with Crippen LogP contribution in [0, 0.1) is 11.3 Å². The maximum absolute atomic E-state index is 8.81. The number of fused-ring (bicyclic) bond motifs is 2. The molecule has 3 nitrogen and oxygen atoms in total. The zero-order valence-electron chi connectivity index (χ0n) is 8.40. The van der Waals surface area contributed by atoms with Crippen LogP contribution in [-0.2, 0) is 0 Å². The Morgan fingerprint density at radius 1 is 1.00 bits per heavy atom. The fourth-order valence-electron chi connectivity index (χ4n) is 1.70. The van der Waals surface area contributed by atoms with E-state index in [1.807, 2.05) is 30.3 Å². The molecule has 3 heteroatoms. The fraction of sp³-hybridized carbons (Fsp3) is 0. The Balaban J connectivity index is 2.09. The molecule has 0 aromatic heterocycles. The second-order valence-corrected chi connectivity index (χ2v) is 3.55. The summed E-state index contributed by atoms with van der Waals surface area (Å²) < 4.78 is 5.71. The quantitative estimate of drug-likeness (QED) is 0.615. The second kappa shape index (κ2) is 3.28. The minimum atomic E-state index is 0.597. The van der Waals surface area contributed by atoms with E-state index in [2.05, 4.69) is 11.4 Å². The highest BCUT2D eigenvalue weighted by atomic mass is 16.5. The number of ether oxygens (including phenoxy) is 1. The molecule has 0 spiro atoms. The third-order valence-corrected chi connectivity index (χ3v) is 2.49. The average molecular weight is 208 g/mol. The van der Waals surface area contributed by atoms with Crippen molar-refractivity contribution in [1.82, 2.24) is 0 Å². The molecule has 0 saturated heterocycles. The zero-order valence-corrected chi connectivity index (χ0v) is 8.40. The first kappa shape index (κ1) is 8.81. The van der Waals surface area contributed by atoms with Gasteiger partial charge in [0.2, 0.25) is 0 Å². The molecule has 0 atom stereocenters. The van der Waals surface area contributed by atoms with Crippen molar-refractivity contribution in [3.8, 4) is 17.6 Å². The Labute approximate surface area is 92.9 Å². The maximum atomic E-state index is 8.81.